The van der Waals surface area contributed by atoms with Crippen molar-refractivity contribution in [1.29, 1.82) is 0 Å². The Morgan fingerprint density at radius 3 is 2.30 bits per heavy atom. The lowest BCUT2D eigenvalue weighted by Crippen LogP contribution is -2.06. The third-order valence-corrected chi connectivity index (χ3v) is 3.27. The highest BCUT2D eigenvalue weighted by Gasteiger charge is 2.35. The Kier molecular flexibility index (Phi) is 3.32. The molecule has 0 amide bonds. The van der Waals surface area contributed by atoms with E-state index in [0.29, 0.717) is 5.56 Å². The molecule has 3 rings (SSSR count). The van der Waals surface area contributed by atoms with Crippen LogP contribution in [0.15, 0.2) is 36.4 Å². The molecule has 0 saturated heterocycles. The van der Waals surface area contributed by atoms with Crippen molar-refractivity contribution >= 4 is 17.0 Å². The summed E-state index contributed by atoms with van der Waals surface area (Å²) in [7, 11) is 0. The zero-order valence-electron chi connectivity index (χ0n) is 11.3. The quantitative estimate of drug-likeness (QED) is 0.698. The molecule has 0 aliphatic rings. The lowest BCUT2D eigenvalue weighted by atomic mass is 10.0. The van der Waals surface area contributed by atoms with Crippen molar-refractivity contribution in [3.8, 4) is 11.1 Å². The average molecular weight is 324 g/mol. The summed E-state index contributed by atoms with van der Waals surface area (Å²) in [6.07, 6.45) is -4.71. The van der Waals surface area contributed by atoms with Crippen LogP contribution in [0.4, 0.5) is 17.6 Å². The number of aromatic nitrogens is 2. The number of alkyl halides is 3. The van der Waals surface area contributed by atoms with E-state index in [1.807, 2.05) is 0 Å². The molecular weight excluding hydrogens is 316 g/mol. The van der Waals surface area contributed by atoms with Gasteiger partial charge in [0.25, 0.3) is 0 Å². The second-order valence-electron chi connectivity index (χ2n) is 4.82. The molecule has 4 nitrogen and oxygen atoms in total. The number of H-pyrrole nitrogens is 1. The minimum absolute atomic E-state index is 0.0587. The highest BCUT2D eigenvalue weighted by Crippen LogP contribution is 2.37. The molecule has 0 fully saturated rings. The Labute approximate surface area is 126 Å². The van der Waals surface area contributed by atoms with Gasteiger partial charge in [0.1, 0.15) is 11.3 Å². The third-order valence-electron chi connectivity index (χ3n) is 3.27. The van der Waals surface area contributed by atoms with Crippen LogP contribution in [-0.2, 0) is 6.18 Å². The molecule has 0 spiro atoms. The van der Waals surface area contributed by atoms with E-state index >= 15 is 0 Å². The summed E-state index contributed by atoms with van der Waals surface area (Å²) in [4.78, 5) is 16.7. The number of fused-ring (bicyclic) bond motifs is 1. The van der Waals surface area contributed by atoms with Crippen molar-refractivity contribution in [3.63, 3.8) is 0 Å². The van der Waals surface area contributed by atoms with E-state index in [1.165, 1.54) is 18.2 Å². The predicted octanol–water partition coefficient (Wildman–Crippen LogP) is 4.09. The number of hydrogen-bond donors (Lipinski definition) is 2. The van der Waals surface area contributed by atoms with Gasteiger partial charge in [-0.15, -0.1) is 0 Å². The zero-order valence-corrected chi connectivity index (χ0v) is 11.3. The summed E-state index contributed by atoms with van der Waals surface area (Å²) in [6.45, 7) is 0. The molecule has 8 heteroatoms. The maximum Gasteiger partial charge on any atom is 0.418 e. The second kappa shape index (κ2) is 5.08. The lowest BCUT2D eigenvalue weighted by molar-refractivity contribution is -0.136. The number of aromatic carboxylic acids is 1. The fourth-order valence-corrected chi connectivity index (χ4v) is 2.24. The van der Waals surface area contributed by atoms with Crippen molar-refractivity contribution in [3.05, 3.63) is 53.6 Å². The maximum atomic E-state index is 13.2. The van der Waals surface area contributed by atoms with Crippen molar-refractivity contribution in [2.75, 3.05) is 0 Å². The van der Waals surface area contributed by atoms with Crippen LogP contribution < -0.4 is 0 Å². The highest BCUT2D eigenvalue weighted by molar-refractivity contribution is 5.92. The first kappa shape index (κ1) is 15.0. The molecule has 0 radical (unpaired) electrons. The van der Waals surface area contributed by atoms with Gasteiger partial charge in [0.2, 0.25) is 5.82 Å². The van der Waals surface area contributed by atoms with Gasteiger partial charge in [0.05, 0.1) is 11.1 Å². The van der Waals surface area contributed by atoms with Gasteiger partial charge in [-0.25, -0.2) is 14.2 Å². The Bertz CT molecular complexity index is 898. The Balaban J connectivity index is 2.28. The van der Waals surface area contributed by atoms with Gasteiger partial charge < -0.3 is 10.1 Å². The molecule has 0 bridgehead atoms. The van der Waals surface area contributed by atoms with Gasteiger partial charge in [-0.1, -0.05) is 12.1 Å². The zero-order chi connectivity index (χ0) is 16.8. The van der Waals surface area contributed by atoms with E-state index in [0.717, 1.165) is 18.2 Å². The van der Waals surface area contributed by atoms with Crippen LogP contribution in [0.2, 0.25) is 0 Å². The molecule has 0 aliphatic carbocycles. The van der Waals surface area contributed by atoms with Crippen LogP contribution >= 0.6 is 0 Å². The van der Waals surface area contributed by atoms with Gasteiger partial charge in [-0.3, -0.25) is 0 Å². The fourth-order valence-electron chi connectivity index (χ4n) is 2.24. The number of halogens is 4. The van der Waals surface area contributed by atoms with Crippen LogP contribution in [0.5, 0.6) is 0 Å². The van der Waals surface area contributed by atoms with Crippen LogP contribution in [0.3, 0.4) is 0 Å². The molecular formula is C15H8F4N2O2. The van der Waals surface area contributed by atoms with Gasteiger partial charge >= 0.3 is 12.1 Å². The van der Waals surface area contributed by atoms with E-state index < -0.39 is 34.9 Å². The van der Waals surface area contributed by atoms with Crippen LogP contribution in [0, 0.1) is 5.82 Å². The number of imidazole rings is 1. The molecule has 0 aliphatic heterocycles. The Morgan fingerprint density at radius 1 is 1.09 bits per heavy atom. The molecule has 0 saturated carbocycles. The fraction of sp³-hybridized carbons (Fsp3) is 0.0667. The number of rotatable bonds is 2. The predicted molar refractivity (Wildman–Crippen MR) is 73.4 cm³/mol. The first-order valence-electron chi connectivity index (χ1n) is 6.36. The maximum absolute atomic E-state index is 13.2. The molecule has 3 aromatic rings. The van der Waals surface area contributed by atoms with E-state index in [2.05, 4.69) is 9.97 Å². The summed E-state index contributed by atoms with van der Waals surface area (Å²) >= 11 is 0. The minimum atomic E-state index is -4.71. The van der Waals surface area contributed by atoms with Crippen molar-refractivity contribution in [2.24, 2.45) is 0 Å². The smallest absolute Gasteiger partial charge is 0.418 e. The van der Waals surface area contributed by atoms with Crippen molar-refractivity contribution < 1.29 is 27.5 Å². The van der Waals surface area contributed by atoms with Crippen LogP contribution in [-0.4, -0.2) is 21.0 Å². The monoisotopic (exact) mass is 324 g/mol. The van der Waals surface area contributed by atoms with E-state index in [1.54, 1.807) is 0 Å². The lowest BCUT2D eigenvalue weighted by Gasteiger charge is -2.10. The van der Waals surface area contributed by atoms with E-state index in [4.69, 9.17) is 5.11 Å². The summed E-state index contributed by atoms with van der Waals surface area (Å²) in [6, 6.07) is 7.14. The molecule has 1 heterocycles. The van der Waals surface area contributed by atoms with Gasteiger partial charge in [-0.05, 0) is 35.4 Å². The molecule has 118 valence electrons. The van der Waals surface area contributed by atoms with E-state index in [-0.39, 0.29) is 11.1 Å². The molecule has 1 aromatic heterocycles. The largest absolute Gasteiger partial charge is 0.475 e. The number of carboxylic acid groups (broad SMARTS) is 1. The number of hydrogen-bond acceptors (Lipinski definition) is 2. The highest BCUT2D eigenvalue weighted by atomic mass is 19.4. The third kappa shape index (κ3) is 2.75. The minimum Gasteiger partial charge on any atom is -0.475 e. The van der Waals surface area contributed by atoms with Crippen LogP contribution in [0.1, 0.15) is 16.2 Å². The summed E-state index contributed by atoms with van der Waals surface area (Å²) < 4.78 is 52.6. The molecule has 0 unspecified atom stereocenters. The number of nitrogens with zero attached hydrogens (tertiary/aromatic N) is 1. The van der Waals surface area contributed by atoms with Gasteiger partial charge in [-0.2, -0.15) is 13.2 Å². The van der Waals surface area contributed by atoms with E-state index in [9.17, 15) is 22.4 Å². The molecule has 23 heavy (non-hydrogen) atoms. The average Bonchev–Trinajstić information content (AvgIpc) is 2.90. The normalized spacial score (nSPS) is 11.8. The first-order chi connectivity index (χ1) is 10.8. The Hall–Kier alpha value is -2.90. The molecule has 2 aromatic carbocycles. The number of nitrogens with one attached hydrogen (secondary N) is 1. The Morgan fingerprint density at radius 2 is 1.74 bits per heavy atom. The second-order valence-corrected chi connectivity index (χ2v) is 4.82. The number of carbonyl (C=O) groups is 1. The standard InChI is InChI=1S/C15H8F4N2O2/c16-9-3-1-7(2-4-9)8-5-10(15(17,18)19)12-11(6-8)20-13(21-12)14(22)23/h1-6H,(H,20,21)(H,22,23). The summed E-state index contributed by atoms with van der Waals surface area (Å²) in [5.74, 6) is -2.56. The van der Waals surface area contributed by atoms with Crippen molar-refractivity contribution in [2.45, 2.75) is 6.18 Å². The van der Waals surface area contributed by atoms with Gasteiger partial charge in [0.15, 0.2) is 0 Å². The first-order valence-corrected chi connectivity index (χ1v) is 6.36. The van der Waals surface area contributed by atoms with Crippen LogP contribution in [0.25, 0.3) is 22.2 Å². The van der Waals surface area contributed by atoms with Gasteiger partial charge in [0, 0.05) is 0 Å². The number of benzene rings is 2. The number of aromatic amines is 1. The summed E-state index contributed by atoms with van der Waals surface area (Å²) in [5, 5.41) is 8.88. The molecule has 2 N–H and O–H groups in total. The summed E-state index contributed by atoms with van der Waals surface area (Å²) in [5.41, 5.74) is -1.05. The SMILES string of the molecule is O=C(O)c1nc2c(C(F)(F)F)cc(-c3ccc(F)cc3)cc2[nH]1. The molecule has 0 atom stereocenters. The van der Waals surface area contributed by atoms with Crippen molar-refractivity contribution in [1.82, 2.24) is 9.97 Å². The number of carboxylic acids is 1. The topological polar surface area (TPSA) is 66.0 Å².